The summed E-state index contributed by atoms with van der Waals surface area (Å²) < 4.78 is 5.83. The first kappa shape index (κ1) is 14.5. The van der Waals surface area contributed by atoms with E-state index in [0.717, 1.165) is 11.8 Å². The molecule has 0 heterocycles. The van der Waals surface area contributed by atoms with Crippen LogP contribution in [0.25, 0.3) is 0 Å². The third-order valence-corrected chi connectivity index (χ3v) is 3.25. The van der Waals surface area contributed by atoms with Crippen LogP contribution >= 0.6 is 15.9 Å². The summed E-state index contributed by atoms with van der Waals surface area (Å²) in [5, 5.41) is 1.09. The number of alkyl halides is 1. The molecule has 0 aliphatic carbocycles. The standard InChI is InChI=1S/C15H21BrO/c1-2-15(11-7-4-8-12-16)17-13-14-9-5-3-6-10-14/h2-3,5-6,9-10,15H,1,4,7-8,11-13H2. The van der Waals surface area contributed by atoms with Crippen LogP contribution in [-0.2, 0) is 11.3 Å². The lowest BCUT2D eigenvalue weighted by Crippen LogP contribution is -2.09. The Morgan fingerprint density at radius 1 is 1.18 bits per heavy atom. The molecule has 0 aromatic heterocycles. The Hall–Kier alpha value is -0.600. The van der Waals surface area contributed by atoms with E-state index in [-0.39, 0.29) is 6.10 Å². The lowest BCUT2D eigenvalue weighted by Gasteiger charge is -2.13. The first-order valence-electron chi connectivity index (χ1n) is 6.21. The second-order valence-electron chi connectivity index (χ2n) is 4.11. The van der Waals surface area contributed by atoms with Crippen LogP contribution in [0, 0.1) is 0 Å². The minimum atomic E-state index is 0.186. The van der Waals surface area contributed by atoms with E-state index >= 15 is 0 Å². The zero-order valence-electron chi connectivity index (χ0n) is 10.3. The van der Waals surface area contributed by atoms with Gasteiger partial charge in [0.25, 0.3) is 0 Å². The molecule has 2 heteroatoms. The van der Waals surface area contributed by atoms with E-state index < -0.39 is 0 Å². The fourth-order valence-electron chi connectivity index (χ4n) is 1.66. The van der Waals surface area contributed by atoms with E-state index in [1.54, 1.807) is 0 Å². The lowest BCUT2D eigenvalue weighted by atomic mass is 10.1. The number of halogens is 1. The fourth-order valence-corrected chi connectivity index (χ4v) is 2.06. The summed E-state index contributed by atoms with van der Waals surface area (Å²) in [6.07, 6.45) is 6.87. The van der Waals surface area contributed by atoms with Gasteiger partial charge in [0, 0.05) is 5.33 Å². The van der Waals surface area contributed by atoms with E-state index in [1.165, 1.54) is 24.8 Å². The molecule has 0 saturated carbocycles. The van der Waals surface area contributed by atoms with Crippen molar-refractivity contribution in [2.45, 2.75) is 38.4 Å². The number of hydrogen-bond donors (Lipinski definition) is 0. The van der Waals surface area contributed by atoms with E-state index in [4.69, 9.17) is 4.74 Å². The van der Waals surface area contributed by atoms with Gasteiger partial charge in [-0.15, -0.1) is 6.58 Å². The first-order valence-corrected chi connectivity index (χ1v) is 7.33. The predicted octanol–water partition coefficient (Wildman–Crippen LogP) is 4.71. The molecule has 1 nitrogen and oxygen atoms in total. The Morgan fingerprint density at radius 3 is 2.59 bits per heavy atom. The second-order valence-corrected chi connectivity index (χ2v) is 4.90. The molecule has 1 atom stereocenters. The molecule has 0 spiro atoms. The number of rotatable bonds is 9. The molecule has 94 valence electrons. The van der Waals surface area contributed by atoms with Crippen molar-refractivity contribution in [1.82, 2.24) is 0 Å². The minimum absolute atomic E-state index is 0.186. The van der Waals surface area contributed by atoms with Crippen molar-refractivity contribution < 1.29 is 4.74 Å². The largest absolute Gasteiger partial charge is 0.369 e. The highest BCUT2D eigenvalue weighted by Crippen LogP contribution is 2.11. The predicted molar refractivity (Wildman–Crippen MR) is 77.5 cm³/mol. The molecule has 17 heavy (non-hydrogen) atoms. The zero-order valence-corrected chi connectivity index (χ0v) is 11.9. The Morgan fingerprint density at radius 2 is 1.94 bits per heavy atom. The highest BCUT2D eigenvalue weighted by atomic mass is 79.9. The Bertz CT molecular complexity index is 297. The Balaban J connectivity index is 2.20. The molecule has 0 bridgehead atoms. The maximum Gasteiger partial charge on any atom is 0.0757 e. The van der Waals surface area contributed by atoms with E-state index in [9.17, 15) is 0 Å². The van der Waals surface area contributed by atoms with Crippen LogP contribution in [0.1, 0.15) is 31.2 Å². The summed E-state index contributed by atoms with van der Waals surface area (Å²) >= 11 is 3.44. The molecule has 0 fully saturated rings. The van der Waals surface area contributed by atoms with Crippen LogP contribution in [0.15, 0.2) is 43.0 Å². The van der Waals surface area contributed by atoms with Crippen LogP contribution in [0.5, 0.6) is 0 Å². The molecule has 0 amide bonds. The van der Waals surface area contributed by atoms with Gasteiger partial charge in [-0.2, -0.15) is 0 Å². The number of ether oxygens (including phenoxy) is 1. The minimum Gasteiger partial charge on any atom is -0.369 e. The third-order valence-electron chi connectivity index (χ3n) is 2.69. The fraction of sp³-hybridized carbons (Fsp3) is 0.467. The average Bonchev–Trinajstić information content (AvgIpc) is 2.39. The highest BCUT2D eigenvalue weighted by Gasteiger charge is 2.04. The van der Waals surface area contributed by atoms with Gasteiger partial charge in [-0.1, -0.05) is 65.2 Å². The number of benzene rings is 1. The zero-order chi connectivity index (χ0) is 12.3. The Labute approximate surface area is 113 Å². The number of unbranched alkanes of at least 4 members (excludes halogenated alkanes) is 2. The molecule has 0 radical (unpaired) electrons. The van der Waals surface area contributed by atoms with Gasteiger partial charge in [0.1, 0.15) is 0 Å². The van der Waals surface area contributed by atoms with Crippen molar-refractivity contribution in [3.05, 3.63) is 48.6 Å². The van der Waals surface area contributed by atoms with Crippen molar-refractivity contribution in [3.8, 4) is 0 Å². The van der Waals surface area contributed by atoms with E-state index in [0.29, 0.717) is 6.61 Å². The normalized spacial score (nSPS) is 12.3. The molecule has 0 N–H and O–H groups in total. The number of hydrogen-bond acceptors (Lipinski definition) is 1. The van der Waals surface area contributed by atoms with Crippen molar-refractivity contribution >= 4 is 15.9 Å². The highest BCUT2D eigenvalue weighted by molar-refractivity contribution is 9.09. The molecule has 0 aliphatic rings. The SMILES string of the molecule is C=CC(CCCCCBr)OCc1ccccc1. The van der Waals surface area contributed by atoms with Crippen molar-refractivity contribution in [2.24, 2.45) is 0 Å². The quantitative estimate of drug-likeness (QED) is 0.364. The lowest BCUT2D eigenvalue weighted by molar-refractivity contribution is 0.0650. The third kappa shape index (κ3) is 6.64. The van der Waals surface area contributed by atoms with Crippen LogP contribution in [-0.4, -0.2) is 11.4 Å². The van der Waals surface area contributed by atoms with Crippen molar-refractivity contribution in [2.75, 3.05) is 5.33 Å². The van der Waals surface area contributed by atoms with Gasteiger partial charge in [-0.3, -0.25) is 0 Å². The summed E-state index contributed by atoms with van der Waals surface area (Å²) in [5.74, 6) is 0. The van der Waals surface area contributed by atoms with Crippen LogP contribution in [0.2, 0.25) is 0 Å². The average molecular weight is 297 g/mol. The first-order chi connectivity index (χ1) is 8.36. The summed E-state index contributed by atoms with van der Waals surface area (Å²) in [6, 6.07) is 10.3. The van der Waals surface area contributed by atoms with E-state index in [2.05, 4.69) is 34.6 Å². The van der Waals surface area contributed by atoms with Crippen LogP contribution in [0.3, 0.4) is 0 Å². The topological polar surface area (TPSA) is 9.23 Å². The summed E-state index contributed by atoms with van der Waals surface area (Å²) in [5.41, 5.74) is 1.22. The van der Waals surface area contributed by atoms with Gasteiger partial charge in [-0.05, 0) is 18.4 Å². The van der Waals surface area contributed by atoms with Crippen molar-refractivity contribution in [1.29, 1.82) is 0 Å². The molecule has 1 unspecified atom stereocenters. The van der Waals surface area contributed by atoms with Crippen molar-refractivity contribution in [3.63, 3.8) is 0 Å². The monoisotopic (exact) mass is 296 g/mol. The molecular formula is C15H21BrO. The second kappa shape index (κ2) is 9.43. The summed E-state index contributed by atoms with van der Waals surface area (Å²) in [7, 11) is 0. The van der Waals surface area contributed by atoms with E-state index in [1.807, 2.05) is 24.3 Å². The molecule has 1 aromatic carbocycles. The van der Waals surface area contributed by atoms with Crippen LogP contribution in [0.4, 0.5) is 0 Å². The van der Waals surface area contributed by atoms with Gasteiger partial charge >= 0.3 is 0 Å². The maximum absolute atomic E-state index is 5.83. The van der Waals surface area contributed by atoms with Crippen LogP contribution < -0.4 is 0 Å². The van der Waals surface area contributed by atoms with Gasteiger partial charge in [0.2, 0.25) is 0 Å². The molecule has 0 saturated heterocycles. The molecule has 0 aliphatic heterocycles. The summed E-state index contributed by atoms with van der Waals surface area (Å²) in [6.45, 7) is 4.51. The van der Waals surface area contributed by atoms with Gasteiger partial charge in [0.15, 0.2) is 0 Å². The molecule has 1 rings (SSSR count). The molecular weight excluding hydrogens is 276 g/mol. The van der Waals surface area contributed by atoms with Gasteiger partial charge in [0.05, 0.1) is 12.7 Å². The smallest absolute Gasteiger partial charge is 0.0757 e. The molecule has 1 aromatic rings. The van der Waals surface area contributed by atoms with Gasteiger partial charge in [-0.25, -0.2) is 0 Å². The Kier molecular flexibility index (Phi) is 8.02. The summed E-state index contributed by atoms with van der Waals surface area (Å²) in [4.78, 5) is 0. The maximum atomic E-state index is 5.83. The van der Waals surface area contributed by atoms with Gasteiger partial charge < -0.3 is 4.74 Å².